The van der Waals surface area contributed by atoms with Crippen LogP contribution in [0, 0.1) is 5.92 Å². The minimum Gasteiger partial charge on any atom is -0.490 e. The van der Waals surface area contributed by atoms with Gasteiger partial charge in [0.25, 0.3) is 0 Å². The molecule has 0 bridgehead atoms. The summed E-state index contributed by atoms with van der Waals surface area (Å²) < 4.78 is 11.4. The van der Waals surface area contributed by atoms with E-state index in [9.17, 15) is 0 Å². The first kappa shape index (κ1) is 15.2. The number of hydrogen-bond donors (Lipinski definition) is 1. The first-order chi connectivity index (χ1) is 9.67. The largest absolute Gasteiger partial charge is 0.490 e. The van der Waals surface area contributed by atoms with Crippen molar-refractivity contribution >= 4 is 0 Å². The van der Waals surface area contributed by atoms with E-state index >= 15 is 0 Å². The monoisotopic (exact) mass is 277 g/mol. The van der Waals surface area contributed by atoms with Gasteiger partial charge in [-0.05, 0) is 50.7 Å². The van der Waals surface area contributed by atoms with Crippen molar-refractivity contribution in [2.75, 3.05) is 13.2 Å². The molecule has 3 nitrogen and oxygen atoms in total. The molecule has 0 radical (unpaired) electrons. The molecule has 0 saturated heterocycles. The number of rotatable bonds is 7. The Morgan fingerprint density at radius 1 is 1.20 bits per heavy atom. The summed E-state index contributed by atoms with van der Waals surface area (Å²) in [5.74, 6) is 2.44. The highest BCUT2D eigenvalue weighted by Gasteiger charge is 2.34. The van der Waals surface area contributed by atoms with E-state index in [1.165, 1.54) is 12.8 Å². The van der Waals surface area contributed by atoms with Gasteiger partial charge < -0.3 is 15.2 Å². The standard InChI is InChI=1S/C17H27NO2/c1-3-14-9-10-17(18,13-14)11-12-20-16-8-6-5-7-15(16)19-4-2/h5-8,14H,3-4,9-13,18H2,1-2H3. The Kier molecular flexibility index (Phi) is 5.30. The molecular weight excluding hydrogens is 250 g/mol. The molecule has 1 aromatic rings. The summed E-state index contributed by atoms with van der Waals surface area (Å²) in [6, 6.07) is 7.83. The molecular formula is C17H27NO2. The minimum atomic E-state index is -0.0266. The fourth-order valence-electron chi connectivity index (χ4n) is 3.05. The zero-order valence-corrected chi connectivity index (χ0v) is 12.7. The van der Waals surface area contributed by atoms with Crippen LogP contribution < -0.4 is 15.2 Å². The molecule has 1 aliphatic rings. The lowest BCUT2D eigenvalue weighted by molar-refractivity contribution is 0.238. The zero-order chi connectivity index (χ0) is 14.4. The molecule has 112 valence electrons. The Morgan fingerprint density at radius 3 is 2.50 bits per heavy atom. The van der Waals surface area contributed by atoms with Crippen molar-refractivity contribution in [3.05, 3.63) is 24.3 Å². The topological polar surface area (TPSA) is 44.5 Å². The van der Waals surface area contributed by atoms with Gasteiger partial charge in [-0.3, -0.25) is 0 Å². The molecule has 1 fully saturated rings. The fraction of sp³-hybridized carbons (Fsp3) is 0.647. The fourth-order valence-corrected chi connectivity index (χ4v) is 3.05. The van der Waals surface area contributed by atoms with Crippen LogP contribution in [0.15, 0.2) is 24.3 Å². The highest BCUT2D eigenvalue weighted by molar-refractivity contribution is 5.39. The lowest BCUT2D eigenvalue weighted by Gasteiger charge is -2.24. The molecule has 2 atom stereocenters. The Balaban J connectivity index is 1.84. The van der Waals surface area contributed by atoms with Gasteiger partial charge in [0.05, 0.1) is 13.2 Å². The maximum absolute atomic E-state index is 6.47. The average Bonchev–Trinajstić information content (AvgIpc) is 2.83. The SMILES string of the molecule is CCOc1ccccc1OCCC1(N)CCC(CC)C1. The maximum Gasteiger partial charge on any atom is 0.161 e. The van der Waals surface area contributed by atoms with Crippen LogP contribution in [0.2, 0.25) is 0 Å². The van der Waals surface area contributed by atoms with Crippen LogP contribution in [0.25, 0.3) is 0 Å². The third kappa shape index (κ3) is 3.89. The highest BCUT2D eigenvalue weighted by Crippen LogP contribution is 2.37. The molecule has 1 aromatic carbocycles. The van der Waals surface area contributed by atoms with Crippen molar-refractivity contribution in [1.29, 1.82) is 0 Å². The van der Waals surface area contributed by atoms with Gasteiger partial charge >= 0.3 is 0 Å². The van der Waals surface area contributed by atoms with E-state index in [4.69, 9.17) is 15.2 Å². The van der Waals surface area contributed by atoms with Crippen LogP contribution >= 0.6 is 0 Å². The molecule has 2 rings (SSSR count). The summed E-state index contributed by atoms with van der Waals surface area (Å²) in [6.07, 6.45) is 5.70. The van der Waals surface area contributed by atoms with Crippen LogP contribution in [0.4, 0.5) is 0 Å². The van der Waals surface area contributed by atoms with Crippen molar-refractivity contribution in [1.82, 2.24) is 0 Å². The summed E-state index contributed by atoms with van der Waals surface area (Å²) in [4.78, 5) is 0. The molecule has 1 saturated carbocycles. The average molecular weight is 277 g/mol. The molecule has 0 amide bonds. The lowest BCUT2D eigenvalue weighted by Crippen LogP contribution is -2.38. The Bertz CT molecular complexity index is 421. The predicted molar refractivity (Wildman–Crippen MR) is 82.3 cm³/mol. The highest BCUT2D eigenvalue weighted by atomic mass is 16.5. The second kappa shape index (κ2) is 6.98. The molecule has 3 heteroatoms. The third-order valence-corrected chi connectivity index (χ3v) is 4.33. The van der Waals surface area contributed by atoms with Gasteiger partial charge in [0.1, 0.15) is 0 Å². The molecule has 2 unspecified atom stereocenters. The second-order valence-electron chi connectivity index (χ2n) is 5.86. The van der Waals surface area contributed by atoms with E-state index in [2.05, 4.69) is 6.92 Å². The number of para-hydroxylation sites is 2. The summed E-state index contributed by atoms with van der Waals surface area (Å²) in [6.45, 7) is 5.55. The number of benzene rings is 1. The lowest BCUT2D eigenvalue weighted by atomic mass is 9.93. The first-order valence-electron chi connectivity index (χ1n) is 7.80. The summed E-state index contributed by atoms with van der Waals surface area (Å²) >= 11 is 0. The van der Waals surface area contributed by atoms with E-state index in [0.717, 1.165) is 36.7 Å². The van der Waals surface area contributed by atoms with Crippen molar-refractivity contribution < 1.29 is 9.47 Å². The van der Waals surface area contributed by atoms with Gasteiger partial charge in [-0.25, -0.2) is 0 Å². The first-order valence-corrected chi connectivity index (χ1v) is 7.80. The Labute approximate surface area is 122 Å². The molecule has 0 aromatic heterocycles. The van der Waals surface area contributed by atoms with Crippen LogP contribution in [0.1, 0.15) is 46.0 Å². The molecule has 20 heavy (non-hydrogen) atoms. The smallest absolute Gasteiger partial charge is 0.161 e. The normalized spacial score (nSPS) is 25.6. The van der Waals surface area contributed by atoms with Crippen LogP contribution in [-0.4, -0.2) is 18.8 Å². The number of hydrogen-bond acceptors (Lipinski definition) is 3. The van der Waals surface area contributed by atoms with Crippen LogP contribution in [-0.2, 0) is 0 Å². The zero-order valence-electron chi connectivity index (χ0n) is 12.7. The molecule has 0 aliphatic heterocycles. The second-order valence-corrected chi connectivity index (χ2v) is 5.86. The van der Waals surface area contributed by atoms with Gasteiger partial charge in [-0.2, -0.15) is 0 Å². The van der Waals surface area contributed by atoms with Gasteiger partial charge in [-0.1, -0.05) is 25.5 Å². The van der Waals surface area contributed by atoms with Gasteiger partial charge in [-0.15, -0.1) is 0 Å². The van der Waals surface area contributed by atoms with Crippen molar-refractivity contribution in [2.24, 2.45) is 11.7 Å². The third-order valence-electron chi connectivity index (χ3n) is 4.33. The van der Waals surface area contributed by atoms with Gasteiger partial charge in [0.15, 0.2) is 11.5 Å². The van der Waals surface area contributed by atoms with E-state index in [1.54, 1.807) is 0 Å². The Morgan fingerprint density at radius 2 is 1.90 bits per heavy atom. The number of nitrogens with two attached hydrogens (primary N) is 1. The van der Waals surface area contributed by atoms with Crippen LogP contribution in [0.3, 0.4) is 0 Å². The molecule has 1 aliphatic carbocycles. The van der Waals surface area contributed by atoms with E-state index < -0.39 is 0 Å². The van der Waals surface area contributed by atoms with E-state index in [0.29, 0.717) is 13.2 Å². The minimum absolute atomic E-state index is 0.0266. The summed E-state index contributed by atoms with van der Waals surface area (Å²) in [5, 5.41) is 0. The summed E-state index contributed by atoms with van der Waals surface area (Å²) in [7, 11) is 0. The molecule has 0 spiro atoms. The van der Waals surface area contributed by atoms with Gasteiger partial charge in [0.2, 0.25) is 0 Å². The quantitative estimate of drug-likeness (QED) is 0.825. The molecule has 0 heterocycles. The van der Waals surface area contributed by atoms with E-state index in [-0.39, 0.29) is 5.54 Å². The predicted octanol–water partition coefficient (Wildman–Crippen LogP) is 3.76. The molecule has 2 N–H and O–H groups in total. The van der Waals surface area contributed by atoms with E-state index in [1.807, 2.05) is 31.2 Å². The maximum atomic E-state index is 6.47. The van der Waals surface area contributed by atoms with Crippen LogP contribution in [0.5, 0.6) is 11.5 Å². The van der Waals surface area contributed by atoms with Crippen molar-refractivity contribution in [3.63, 3.8) is 0 Å². The summed E-state index contributed by atoms with van der Waals surface area (Å²) in [5.41, 5.74) is 6.45. The van der Waals surface area contributed by atoms with Crippen molar-refractivity contribution in [2.45, 2.75) is 51.5 Å². The van der Waals surface area contributed by atoms with Crippen molar-refractivity contribution in [3.8, 4) is 11.5 Å². The van der Waals surface area contributed by atoms with Gasteiger partial charge in [0, 0.05) is 5.54 Å². The number of ether oxygens (including phenoxy) is 2. The Hall–Kier alpha value is -1.22.